The molecule has 1 aromatic rings. The van der Waals surface area contributed by atoms with Crippen LogP contribution in [0.25, 0.3) is 0 Å². The first-order valence-electron chi connectivity index (χ1n) is 5.16. The highest BCUT2D eigenvalue weighted by atomic mass is 79.9. The normalized spacial score (nSPS) is 12.8. The maximum atomic E-state index is 13.5. The molecule has 0 aliphatic rings. The van der Waals surface area contributed by atoms with Gasteiger partial charge in [-0.15, -0.1) is 0 Å². The molecule has 2 nitrogen and oxygen atoms in total. The number of halogens is 3. The van der Waals surface area contributed by atoms with E-state index in [1.165, 1.54) is 12.1 Å². The van der Waals surface area contributed by atoms with Crippen molar-refractivity contribution in [3.63, 3.8) is 0 Å². The molecule has 0 radical (unpaired) electrons. The first-order valence-corrected chi connectivity index (χ1v) is 5.95. The van der Waals surface area contributed by atoms with Crippen LogP contribution in [0.4, 0.5) is 8.78 Å². The van der Waals surface area contributed by atoms with Crippen molar-refractivity contribution in [1.29, 1.82) is 0 Å². The second-order valence-corrected chi connectivity index (χ2v) is 4.59. The van der Waals surface area contributed by atoms with Crippen LogP contribution in [-0.4, -0.2) is 6.54 Å². The fourth-order valence-corrected chi connectivity index (χ4v) is 1.96. The van der Waals surface area contributed by atoms with Crippen LogP contribution in [0, 0.1) is 11.6 Å². The first-order chi connectivity index (χ1) is 7.56. The monoisotopic (exact) mass is 292 g/mol. The van der Waals surface area contributed by atoms with Crippen LogP contribution in [0.3, 0.4) is 0 Å². The maximum Gasteiger partial charge on any atom is 0.132 e. The zero-order valence-electron chi connectivity index (χ0n) is 8.85. The Morgan fingerprint density at radius 3 is 2.25 bits per heavy atom. The number of rotatable bonds is 5. The Morgan fingerprint density at radius 2 is 1.75 bits per heavy atom. The molecule has 0 saturated heterocycles. The molecule has 4 N–H and O–H groups in total. The molecular weight excluding hydrogens is 278 g/mol. The van der Waals surface area contributed by atoms with Gasteiger partial charge in [-0.2, -0.15) is 0 Å². The fourth-order valence-electron chi connectivity index (χ4n) is 1.56. The third kappa shape index (κ3) is 3.50. The third-order valence-electron chi connectivity index (χ3n) is 2.38. The minimum Gasteiger partial charge on any atom is -0.330 e. The summed E-state index contributed by atoms with van der Waals surface area (Å²) in [5.41, 5.74) is 11.0. The Bertz CT molecular complexity index is 335. The van der Waals surface area contributed by atoms with E-state index in [4.69, 9.17) is 11.5 Å². The topological polar surface area (TPSA) is 52.0 Å². The largest absolute Gasteiger partial charge is 0.330 e. The second kappa shape index (κ2) is 6.27. The molecule has 1 rings (SSSR count). The molecule has 0 aliphatic carbocycles. The van der Waals surface area contributed by atoms with Crippen molar-refractivity contribution in [3.8, 4) is 0 Å². The molecule has 0 aromatic heterocycles. The van der Waals surface area contributed by atoms with Crippen molar-refractivity contribution < 1.29 is 8.78 Å². The minimum atomic E-state index is -0.611. The molecule has 0 aliphatic heterocycles. The lowest BCUT2D eigenvalue weighted by atomic mass is 10.0. The van der Waals surface area contributed by atoms with Crippen LogP contribution in [-0.2, 0) is 0 Å². The lowest BCUT2D eigenvalue weighted by molar-refractivity contribution is 0.499. The van der Waals surface area contributed by atoms with Crippen LogP contribution < -0.4 is 11.5 Å². The summed E-state index contributed by atoms with van der Waals surface area (Å²) in [6.45, 7) is 0.567. The quantitative estimate of drug-likeness (QED) is 0.820. The Hall–Kier alpha value is -0.520. The van der Waals surface area contributed by atoms with Gasteiger partial charge in [-0.3, -0.25) is 0 Å². The van der Waals surface area contributed by atoms with Crippen LogP contribution in [0.2, 0.25) is 0 Å². The summed E-state index contributed by atoms with van der Waals surface area (Å²) in [5.74, 6) is -1.21. The Morgan fingerprint density at radius 1 is 1.19 bits per heavy atom. The van der Waals surface area contributed by atoms with Gasteiger partial charge >= 0.3 is 0 Å². The third-order valence-corrected chi connectivity index (χ3v) is 2.84. The highest BCUT2D eigenvalue weighted by Crippen LogP contribution is 2.26. The van der Waals surface area contributed by atoms with Gasteiger partial charge < -0.3 is 11.5 Å². The predicted molar refractivity (Wildman–Crippen MR) is 63.9 cm³/mol. The van der Waals surface area contributed by atoms with Crippen molar-refractivity contribution in [2.75, 3.05) is 6.54 Å². The Balaban J connectivity index is 2.78. The standard InChI is InChI=1S/C11H15BrF2N2/c12-7-5-8(13)11(9(14)6-7)10(16)3-1-2-4-15/h5-6,10H,1-4,15-16H2/t10-/m1/s1. The summed E-state index contributed by atoms with van der Waals surface area (Å²) in [6.07, 6.45) is 2.12. The highest BCUT2D eigenvalue weighted by molar-refractivity contribution is 9.10. The van der Waals surface area contributed by atoms with Gasteiger partial charge in [0.25, 0.3) is 0 Å². The summed E-state index contributed by atoms with van der Waals surface area (Å²) >= 11 is 3.02. The predicted octanol–water partition coefficient (Wildman–Crippen LogP) is 2.86. The van der Waals surface area contributed by atoms with Crippen LogP contribution >= 0.6 is 15.9 Å². The zero-order chi connectivity index (χ0) is 12.1. The number of unbranched alkanes of at least 4 members (excludes halogenated alkanes) is 1. The van der Waals surface area contributed by atoms with E-state index in [9.17, 15) is 8.78 Å². The maximum absolute atomic E-state index is 13.5. The van der Waals surface area contributed by atoms with Crippen molar-refractivity contribution in [1.82, 2.24) is 0 Å². The van der Waals surface area contributed by atoms with Gasteiger partial charge in [0, 0.05) is 16.1 Å². The van der Waals surface area contributed by atoms with E-state index in [1.807, 2.05) is 0 Å². The van der Waals surface area contributed by atoms with E-state index < -0.39 is 17.7 Å². The van der Waals surface area contributed by atoms with Gasteiger partial charge in [0.1, 0.15) is 11.6 Å². The molecular formula is C11H15BrF2N2. The van der Waals surface area contributed by atoms with Crippen LogP contribution in [0.1, 0.15) is 30.9 Å². The van der Waals surface area contributed by atoms with E-state index in [0.717, 1.165) is 12.8 Å². The van der Waals surface area contributed by atoms with E-state index in [2.05, 4.69) is 15.9 Å². The summed E-state index contributed by atoms with van der Waals surface area (Å²) in [7, 11) is 0. The molecule has 1 aromatic carbocycles. The van der Waals surface area contributed by atoms with Gasteiger partial charge in [0.2, 0.25) is 0 Å². The van der Waals surface area contributed by atoms with Crippen molar-refractivity contribution >= 4 is 15.9 Å². The van der Waals surface area contributed by atoms with Gasteiger partial charge in [-0.05, 0) is 31.5 Å². The number of nitrogens with two attached hydrogens (primary N) is 2. The van der Waals surface area contributed by atoms with Gasteiger partial charge in [0.05, 0.1) is 0 Å². The molecule has 0 spiro atoms. The summed E-state index contributed by atoms with van der Waals surface area (Å²) < 4.78 is 27.4. The lowest BCUT2D eigenvalue weighted by Gasteiger charge is -2.14. The molecule has 1 atom stereocenters. The first kappa shape index (κ1) is 13.5. The fraction of sp³-hybridized carbons (Fsp3) is 0.455. The second-order valence-electron chi connectivity index (χ2n) is 3.67. The lowest BCUT2D eigenvalue weighted by Crippen LogP contribution is -2.15. The molecule has 90 valence electrons. The van der Waals surface area contributed by atoms with Crippen molar-refractivity contribution in [3.05, 3.63) is 33.8 Å². The average molecular weight is 293 g/mol. The van der Waals surface area contributed by atoms with E-state index >= 15 is 0 Å². The smallest absolute Gasteiger partial charge is 0.132 e. The highest BCUT2D eigenvalue weighted by Gasteiger charge is 2.17. The van der Waals surface area contributed by atoms with Gasteiger partial charge in [-0.1, -0.05) is 22.4 Å². The van der Waals surface area contributed by atoms with Crippen LogP contribution in [0.5, 0.6) is 0 Å². The minimum absolute atomic E-state index is 0.0415. The van der Waals surface area contributed by atoms with E-state index in [0.29, 0.717) is 17.4 Å². The molecule has 0 amide bonds. The molecule has 5 heteroatoms. The number of hydrogen-bond donors (Lipinski definition) is 2. The summed E-state index contributed by atoms with van der Waals surface area (Å²) in [4.78, 5) is 0. The number of hydrogen-bond acceptors (Lipinski definition) is 2. The Labute approximate surface area is 102 Å². The number of benzene rings is 1. The van der Waals surface area contributed by atoms with Crippen LogP contribution in [0.15, 0.2) is 16.6 Å². The van der Waals surface area contributed by atoms with Gasteiger partial charge in [-0.25, -0.2) is 8.78 Å². The van der Waals surface area contributed by atoms with E-state index in [1.54, 1.807) is 0 Å². The molecule has 16 heavy (non-hydrogen) atoms. The van der Waals surface area contributed by atoms with E-state index in [-0.39, 0.29) is 5.56 Å². The Kier molecular flexibility index (Phi) is 5.31. The molecule has 0 bridgehead atoms. The van der Waals surface area contributed by atoms with Crippen molar-refractivity contribution in [2.24, 2.45) is 11.5 Å². The SMILES string of the molecule is NCCCC[C@@H](N)c1c(F)cc(Br)cc1F. The molecule has 0 heterocycles. The zero-order valence-corrected chi connectivity index (χ0v) is 10.4. The summed E-state index contributed by atoms with van der Waals surface area (Å²) in [5, 5.41) is 0. The molecule has 0 saturated carbocycles. The van der Waals surface area contributed by atoms with Crippen molar-refractivity contribution in [2.45, 2.75) is 25.3 Å². The molecule has 0 fully saturated rings. The molecule has 0 unspecified atom stereocenters. The summed E-state index contributed by atoms with van der Waals surface area (Å²) in [6, 6.07) is 1.84. The van der Waals surface area contributed by atoms with Gasteiger partial charge in [0.15, 0.2) is 0 Å². The average Bonchev–Trinajstić information content (AvgIpc) is 2.16.